The van der Waals surface area contributed by atoms with Gasteiger partial charge in [0.15, 0.2) is 0 Å². The standard InChI is InChI=1S/C67H51N/c1-65(2)56-31-15-11-25-49(56)51-42-39-45(43-60(51)65)44-37-40-48(41-38-44)68(61-35-18-14-27-52(61)54-30-19-29-53-50-26-12-16-32-57(50)66(3,4)64(53)54)62-36-20-34-59-63(62)55-28-13-17-33-58(55)67(59,46-21-7-5-8-22-46)47-23-9-6-10-24-47/h5-43H,1-4H3. The maximum Gasteiger partial charge on any atom is 0.0714 e. The molecule has 0 fully saturated rings. The fraction of sp³-hybridized carbons (Fsp3) is 0.104. The molecule has 0 N–H and O–H groups in total. The molecule has 68 heavy (non-hydrogen) atoms. The van der Waals surface area contributed by atoms with Crippen LogP contribution in [0.3, 0.4) is 0 Å². The Morgan fingerprint density at radius 2 is 0.750 bits per heavy atom. The summed E-state index contributed by atoms with van der Waals surface area (Å²) in [6, 6.07) is 88.7. The molecule has 0 unspecified atom stereocenters. The van der Waals surface area contributed by atoms with E-state index in [4.69, 9.17) is 0 Å². The SMILES string of the molecule is CC1(C)c2ccccc2-c2ccc(-c3ccc(N(c4ccccc4-c4cccc5c4C(C)(C)c4ccccc4-5)c4cccc5c4-c4ccccc4C5(c4ccccc4)c4ccccc4)cc3)cc21. The second-order valence-electron chi connectivity index (χ2n) is 20.0. The Morgan fingerprint density at radius 3 is 1.43 bits per heavy atom. The lowest BCUT2D eigenvalue weighted by molar-refractivity contribution is 0.660. The molecule has 10 aromatic rings. The normalized spacial score (nSPS) is 14.8. The van der Waals surface area contributed by atoms with E-state index in [0.717, 1.165) is 17.1 Å². The minimum atomic E-state index is -0.531. The smallest absolute Gasteiger partial charge is 0.0714 e. The summed E-state index contributed by atoms with van der Waals surface area (Å²) in [5.74, 6) is 0. The largest absolute Gasteiger partial charge is 0.309 e. The van der Waals surface area contributed by atoms with E-state index in [0.29, 0.717) is 0 Å². The molecule has 0 bridgehead atoms. The Morgan fingerprint density at radius 1 is 0.294 bits per heavy atom. The van der Waals surface area contributed by atoms with Crippen molar-refractivity contribution in [1.29, 1.82) is 0 Å². The third kappa shape index (κ3) is 5.63. The summed E-state index contributed by atoms with van der Waals surface area (Å²) >= 11 is 0. The Hall–Kier alpha value is -8.00. The van der Waals surface area contributed by atoms with E-state index in [1.807, 2.05) is 0 Å². The molecule has 0 radical (unpaired) electrons. The highest BCUT2D eigenvalue weighted by Crippen LogP contribution is 2.61. The Labute approximate surface area is 400 Å². The van der Waals surface area contributed by atoms with Gasteiger partial charge in [-0.1, -0.05) is 234 Å². The summed E-state index contributed by atoms with van der Waals surface area (Å²) in [7, 11) is 0. The molecule has 0 heterocycles. The van der Waals surface area contributed by atoms with Crippen molar-refractivity contribution < 1.29 is 0 Å². The van der Waals surface area contributed by atoms with Crippen molar-refractivity contribution in [2.45, 2.75) is 43.9 Å². The van der Waals surface area contributed by atoms with Gasteiger partial charge in [-0.2, -0.15) is 0 Å². The minimum absolute atomic E-state index is 0.0748. The van der Waals surface area contributed by atoms with Gasteiger partial charge in [-0.25, -0.2) is 0 Å². The van der Waals surface area contributed by atoms with Gasteiger partial charge in [0.2, 0.25) is 0 Å². The van der Waals surface area contributed by atoms with Crippen molar-refractivity contribution in [2.75, 3.05) is 4.90 Å². The molecule has 0 aliphatic heterocycles. The average Bonchev–Trinajstić information content (AvgIpc) is 3.92. The van der Waals surface area contributed by atoms with E-state index in [-0.39, 0.29) is 10.8 Å². The number of hydrogen-bond acceptors (Lipinski definition) is 1. The van der Waals surface area contributed by atoms with Crippen molar-refractivity contribution in [3.05, 3.63) is 281 Å². The zero-order valence-electron chi connectivity index (χ0n) is 39.0. The first-order valence-electron chi connectivity index (χ1n) is 24.1. The first-order chi connectivity index (χ1) is 33.3. The zero-order valence-corrected chi connectivity index (χ0v) is 39.0. The predicted octanol–water partition coefficient (Wildman–Crippen LogP) is 17.5. The number of para-hydroxylation sites is 1. The molecule has 0 atom stereocenters. The second-order valence-corrected chi connectivity index (χ2v) is 20.0. The van der Waals surface area contributed by atoms with Crippen LogP contribution in [0.5, 0.6) is 0 Å². The average molecular weight is 870 g/mol. The number of fused-ring (bicyclic) bond motifs is 9. The number of hydrogen-bond donors (Lipinski definition) is 0. The lowest BCUT2D eigenvalue weighted by Gasteiger charge is -2.35. The van der Waals surface area contributed by atoms with Gasteiger partial charge in [-0.05, 0) is 119 Å². The van der Waals surface area contributed by atoms with Gasteiger partial charge in [0, 0.05) is 27.6 Å². The van der Waals surface area contributed by atoms with Gasteiger partial charge >= 0.3 is 0 Å². The van der Waals surface area contributed by atoms with Gasteiger partial charge in [0.25, 0.3) is 0 Å². The molecule has 10 aromatic carbocycles. The first-order valence-corrected chi connectivity index (χ1v) is 24.1. The molecule has 3 aliphatic carbocycles. The van der Waals surface area contributed by atoms with Gasteiger partial charge in [-0.3, -0.25) is 0 Å². The van der Waals surface area contributed by atoms with Crippen LogP contribution < -0.4 is 4.90 Å². The van der Waals surface area contributed by atoms with Crippen LogP contribution >= 0.6 is 0 Å². The van der Waals surface area contributed by atoms with E-state index in [1.165, 1.54) is 100 Å². The number of rotatable bonds is 7. The lowest BCUT2D eigenvalue weighted by atomic mass is 9.68. The van der Waals surface area contributed by atoms with Gasteiger partial charge in [-0.15, -0.1) is 0 Å². The van der Waals surface area contributed by atoms with E-state index in [2.05, 4.69) is 269 Å². The molecule has 0 saturated carbocycles. The summed E-state index contributed by atoms with van der Waals surface area (Å²) in [6.07, 6.45) is 0. The highest BCUT2D eigenvalue weighted by atomic mass is 15.1. The van der Waals surface area contributed by atoms with Crippen LogP contribution in [0.25, 0.3) is 55.6 Å². The summed E-state index contributed by atoms with van der Waals surface area (Å²) in [5, 5.41) is 0. The summed E-state index contributed by atoms with van der Waals surface area (Å²) in [6.45, 7) is 9.52. The summed E-state index contributed by atoms with van der Waals surface area (Å²) in [4.78, 5) is 2.55. The Balaban J connectivity index is 1.05. The van der Waals surface area contributed by atoms with Crippen LogP contribution in [0.15, 0.2) is 237 Å². The molecular formula is C67H51N. The van der Waals surface area contributed by atoms with Crippen LogP contribution in [-0.4, -0.2) is 0 Å². The highest BCUT2D eigenvalue weighted by Gasteiger charge is 2.47. The molecule has 3 aliphatic rings. The van der Waals surface area contributed by atoms with Gasteiger partial charge in [0.05, 0.1) is 16.8 Å². The van der Waals surface area contributed by atoms with Crippen molar-refractivity contribution in [2.24, 2.45) is 0 Å². The Kier molecular flexibility index (Phi) is 8.89. The Bertz CT molecular complexity index is 3570. The van der Waals surface area contributed by atoms with Crippen LogP contribution in [0.1, 0.15) is 72.2 Å². The molecule has 1 heteroatoms. The van der Waals surface area contributed by atoms with Gasteiger partial charge in [0.1, 0.15) is 0 Å². The molecule has 0 aromatic heterocycles. The fourth-order valence-corrected chi connectivity index (χ4v) is 12.7. The van der Waals surface area contributed by atoms with Crippen LogP contribution in [0, 0.1) is 0 Å². The van der Waals surface area contributed by atoms with Crippen molar-refractivity contribution in [3.63, 3.8) is 0 Å². The molecule has 0 saturated heterocycles. The van der Waals surface area contributed by atoms with E-state index in [1.54, 1.807) is 0 Å². The number of benzene rings is 10. The monoisotopic (exact) mass is 869 g/mol. The van der Waals surface area contributed by atoms with Gasteiger partial charge < -0.3 is 4.90 Å². The summed E-state index contributed by atoms with van der Waals surface area (Å²) in [5.41, 5.74) is 26.0. The third-order valence-corrected chi connectivity index (χ3v) is 15.8. The molecule has 13 rings (SSSR count). The van der Waals surface area contributed by atoms with Crippen molar-refractivity contribution >= 4 is 17.1 Å². The van der Waals surface area contributed by atoms with E-state index >= 15 is 0 Å². The first kappa shape index (κ1) is 40.3. The van der Waals surface area contributed by atoms with Crippen molar-refractivity contribution in [1.82, 2.24) is 0 Å². The predicted molar refractivity (Wildman–Crippen MR) is 284 cm³/mol. The fourth-order valence-electron chi connectivity index (χ4n) is 12.7. The zero-order chi connectivity index (χ0) is 45.8. The van der Waals surface area contributed by atoms with Crippen molar-refractivity contribution in [3.8, 4) is 55.6 Å². The van der Waals surface area contributed by atoms with Crippen LogP contribution in [0.2, 0.25) is 0 Å². The van der Waals surface area contributed by atoms with Crippen LogP contribution in [-0.2, 0) is 16.2 Å². The molecule has 1 nitrogen and oxygen atoms in total. The minimum Gasteiger partial charge on any atom is -0.309 e. The van der Waals surface area contributed by atoms with E-state index in [9.17, 15) is 0 Å². The molecule has 0 amide bonds. The second kappa shape index (κ2) is 15.0. The maximum atomic E-state index is 2.55. The quantitative estimate of drug-likeness (QED) is 0.154. The number of anilines is 3. The third-order valence-electron chi connectivity index (χ3n) is 15.8. The van der Waals surface area contributed by atoms with Crippen LogP contribution in [0.4, 0.5) is 17.1 Å². The molecule has 324 valence electrons. The summed E-state index contributed by atoms with van der Waals surface area (Å²) < 4.78 is 0. The lowest BCUT2D eigenvalue weighted by Crippen LogP contribution is -2.28. The maximum absolute atomic E-state index is 2.55. The molecular weight excluding hydrogens is 819 g/mol. The van der Waals surface area contributed by atoms with E-state index < -0.39 is 5.41 Å². The topological polar surface area (TPSA) is 3.24 Å². The molecule has 0 spiro atoms. The number of nitrogens with zero attached hydrogens (tertiary/aromatic N) is 1. The highest BCUT2D eigenvalue weighted by molar-refractivity contribution is 6.01.